The van der Waals surface area contributed by atoms with Crippen molar-refractivity contribution in [3.05, 3.63) is 30.3 Å². The summed E-state index contributed by atoms with van der Waals surface area (Å²) in [6, 6.07) is 9.68. The molecule has 0 N–H and O–H groups in total. The van der Waals surface area contributed by atoms with Crippen molar-refractivity contribution in [2.75, 3.05) is 5.01 Å². The van der Waals surface area contributed by atoms with E-state index < -0.39 is 5.41 Å². The highest BCUT2D eigenvalue weighted by atomic mass is 16.2. The molecular formula is C22H30N2O2. The second-order valence-corrected chi connectivity index (χ2v) is 10.1. The first-order valence-corrected chi connectivity index (χ1v) is 9.81. The number of hydrazine groups is 1. The third kappa shape index (κ3) is 2.14. The molecule has 1 aromatic rings. The van der Waals surface area contributed by atoms with Crippen molar-refractivity contribution in [2.24, 2.45) is 22.2 Å². The molecule has 2 amide bonds. The maximum Gasteiger partial charge on any atom is 0.254 e. The number of hydrogen-bond acceptors (Lipinski definition) is 2. The fraction of sp³-hybridized carbons (Fsp3) is 0.636. The highest BCUT2D eigenvalue weighted by molar-refractivity contribution is 6.05. The summed E-state index contributed by atoms with van der Waals surface area (Å²) in [7, 11) is 0. The number of nitrogens with zero attached hydrogens (tertiary/aromatic N) is 2. The summed E-state index contributed by atoms with van der Waals surface area (Å²) in [4.78, 5) is 27.1. The van der Waals surface area contributed by atoms with Gasteiger partial charge >= 0.3 is 0 Å². The first-order valence-electron chi connectivity index (χ1n) is 9.81. The molecule has 4 heteroatoms. The Hall–Kier alpha value is -1.84. The van der Waals surface area contributed by atoms with Gasteiger partial charge in [-0.1, -0.05) is 52.8 Å². The molecule has 0 radical (unpaired) electrons. The molecule has 1 spiro atoms. The van der Waals surface area contributed by atoms with E-state index in [1.807, 2.05) is 35.3 Å². The Morgan fingerprint density at radius 3 is 2.42 bits per heavy atom. The molecule has 2 aliphatic carbocycles. The summed E-state index contributed by atoms with van der Waals surface area (Å²) in [5, 5.41) is 3.55. The molecule has 2 saturated carbocycles. The molecule has 1 aliphatic heterocycles. The van der Waals surface area contributed by atoms with Crippen molar-refractivity contribution in [3.63, 3.8) is 0 Å². The maximum atomic E-state index is 13.8. The van der Waals surface area contributed by atoms with Gasteiger partial charge in [0, 0.05) is 6.42 Å². The van der Waals surface area contributed by atoms with Gasteiger partial charge in [-0.15, -0.1) is 0 Å². The topological polar surface area (TPSA) is 40.6 Å². The van der Waals surface area contributed by atoms with Crippen LogP contribution in [0.1, 0.15) is 60.3 Å². The van der Waals surface area contributed by atoms with Crippen LogP contribution in [0.15, 0.2) is 30.3 Å². The average molecular weight is 354 g/mol. The van der Waals surface area contributed by atoms with E-state index in [1.165, 1.54) is 0 Å². The van der Waals surface area contributed by atoms with Crippen LogP contribution in [0.5, 0.6) is 0 Å². The van der Waals surface area contributed by atoms with Crippen molar-refractivity contribution in [1.29, 1.82) is 0 Å². The quantitative estimate of drug-likeness (QED) is 0.789. The second-order valence-electron chi connectivity index (χ2n) is 10.1. The van der Waals surface area contributed by atoms with Crippen molar-refractivity contribution >= 4 is 17.5 Å². The van der Waals surface area contributed by atoms with E-state index in [1.54, 1.807) is 5.01 Å². The molecule has 26 heavy (non-hydrogen) atoms. The Labute approximate surface area is 156 Å². The van der Waals surface area contributed by atoms with Crippen LogP contribution < -0.4 is 5.01 Å². The number of benzene rings is 1. The molecule has 0 unspecified atom stereocenters. The van der Waals surface area contributed by atoms with Gasteiger partial charge in [-0.25, -0.2) is 10.0 Å². The van der Waals surface area contributed by atoms with Gasteiger partial charge in [-0.3, -0.25) is 9.59 Å². The standard InChI is InChI=1S/C22H30N2O2/c1-20(2,3)14-18(25)24-17-13-15-11-12-22(17,21(15,4)5)19(26)23(24)16-9-7-6-8-10-16/h6-10,15,17H,11-14H2,1-5H3/t15-,17-,22+/m1/s1. The van der Waals surface area contributed by atoms with E-state index in [9.17, 15) is 9.59 Å². The van der Waals surface area contributed by atoms with E-state index in [0.29, 0.717) is 12.3 Å². The van der Waals surface area contributed by atoms with Crippen LogP contribution in [0.4, 0.5) is 5.69 Å². The van der Waals surface area contributed by atoms with Crippen molar-refractivity contribution in [3.8, 4) is 0 Å². The lowest BCUT2D eigenvalue weighted by Gasteiger charge is -2.35. The lowest BCUT2D eigenvalue weighted by Crippen LogP contribution is -2.48. The Kier molecular flexibility index (Phi) is 3.61. The van der Waals surface area contributed by atoms with Crippen molar-refractivity contribution < 1.29 is 9.59 Å². The summed E-state index contributed by atoms with van der Waals surface area (Å²) in [6.45, 7) is 10.7. The Bertz CT molecular complexity index is 749. The number of anilines is 1. The second kappa shape index (κ2) is 5.34. The molecule has 1 heterocycles. The molecule has 1 aromatic carbocycles. The number of carbonyl (C=O) groups excluding carboxylic acids is 2. The summed E-state index contributed by atoms with van der Waals surface area (Å²) in [5.74, 6) is 0.722. The fourth-order valence-corrected chi connectivity index (χ4v) is 5.82. The number of para-hydroxylation sites is 1. The lowest BCUT2D eigenvalue weighted by atomic mass is 9.67. The van der Waals surface area contributed by atoms with Crippen LogP contribution in [-0.4, -0.2) is 22.9 Å². The molecule has 4 rings (SSSR count). The minimum atomic E-state index is -0.430. The Morgan fingerprint density at radius 2 is 1.85 bits per heavy atom. The number of hydrogen-bond donors (Lipinski definition) is 0. The smallest absolute Gasteiger partial charge is 0.254 e. The van der Waals surface area contributed by atoms with Gasteiger partial charge in [-0.05, 0) is 48.1 Å². The highest BCUT2D eigenvalue weighted by Crippen LogP contribution is 2.70. The molecule has 140 valence electrons. The van der Waals surface area contributed by atoms with Gasteiger partial charge in [0.2, 0.25) is 5.91 Å². The first kappa shape index (κ1) is 17.6. The van der Waals surface area contributed by atoms with Gasteiger partial charge < -0.3 is 0 Å². The van der Waals surface area contributed by atoms with Gasteiger partial charge in [0.15, 0.2) is 0 Å². The summed E-state index contributed by atoms with van der Waals surface area (Å²) in [5.41, 5.74) is 0.216. The molecule has 1 saturated heterocycles. The number of fused-ring (bicyclic) bond motifs is 1. The molecule has 3 aliphatic rings. The third-order valence-corrected chi connectivity index (χ3v) is 7.16. The Balaban J connectivity index is 1.82. The monoisotopic (exact) mass is 354 g/mol. The van der Waals surface area contributed by atoms with E-state index in [2.05, 4.69) is 34.6 Å². The first-order chi connectivity index (χ1) is 12.1. The van der Waals surface area contributed by atoms with Crippen LogP contribution in [0.3, 0.4) is 0 Å². The minimum Gasteiger partial charge on any atom is -0.273 e. The zero-order valence-electron chi connectivity index (χ0n) is 16.6. The molecular weight excluding hydrogens is 324 g/mol. The normalized spacial score (nSPS) is 32.3. The minimum absolute atomic E-state index is 0.00111. The lowest BCUT2D eigenvalue weighted by molar-refractivity contribution is -0.136. The molecule has 2 bridgehead atoms. The predicted octanol–water partition coefficient (Wildman–Crippen LogP) is 4.41. The average Bonchev–Trinajstić information content (AvgIpc) is 3.07. The zero-order valence-corrected chi connectivity index (χ0v) is 16.6. The van der Waals surface area contributed by atoms with Crippen LogP contribution >= 0.6 is 0 Å². The zero-order chi connectivity index (χ0) is 18.9. The van der Waals surface area contributed by atoms with Crippen LogP contribution in [0.25, 0.3) is 0 Å². The van der Waals surface area contributed by atoms with Crippen molar-refractivity contribution in [2.45, 2.75) is 66.3 Å². The van der Waals surface area contributed by atoms with E-state index in [4.69, 9.17) is 0 Å². The molecule has 4 nitrogen and oxygen atoms in total. The highest BCUT2D eigenvalue weighted by Gasteiger charge is 2.75. The van der Waals surface area contributed by atoms with Gasteiger partial charge in [-0.2, -0.15) is 0 Å². The third-order valence-electron chi connectivity index (χ3n) is 7.16. The maximum absolute atomic E-state index is 13.8. The SMILES string of the molecule is CC(C)(C)CC(=O)N1[C@@H]2C[C@H]3CC[C@]2(C(=O)N1c1ccccc1)C3(C)C. The van der Waals surface area contributed by atoms with Gasteiger partial charge in [0.05, 0.1) is 17.1 Å². The Morgan fingerprint density at radius 1 is 1.19 bits per heavy atom. The van der Waals surface area contributed by atoms with E-state index >= 15 is 0 Å². The number of amides is 2. The van der Waals surface area contributed by atoms with Gasteiger partial charge in [0.1, 0.15) is 0 Å². The van der Waals surface area contributed by atoms with Gasteiger partial charge in [0.25, 0.3) is 5.91 Å². The molecule has 3 fully saturated rings. The molecule has 0 aromatic heterocycles. The summed E-state index contributed by atoms with van der Waals surface area (Å²) < 4.78 is 0. The predicted molar refractivity (Wildman–Crippen MR) is 102 cm³/mol. The van der Waals surface area contributed by atoms with Crippen molar-refractivity contribution in [1.82, 2.24) is 5.01 Å². The fourth-order valence-electron chi connectivity index (χ4n) is 5.82. The number of carbonyl (C=O) groups is 2. The summed E-state index contributed by atoms with van der Waals surface area (Å²) >= 11 is 0. The van der Waals surface area contributed by atoms with Crippen LogP contribution in [0.2, 0.25) is 0 Å². The molecule has 3 atom stereocenters. The summed E-state index contributed by atoms with van der Waals surface area (Å²) in [6.07, 6.45) is 3.38. The van der Waals surface area contributed by atoms with Crippen LogP contribution in [0, 0.1) is 22.2 Å². The van der Waals surface area contributed by atoms with E-state index in [-0.39, 0.29) is 28.7 Å². The van der Waals surface area contributed by atoms with E-state index in [0.717, 1.165) is 24.9 Å². The largest absolute Gasteiger partial charge is 0.273 e. The number of rotatable bonds is 2. The van der Waals surface area contributed by atoms with Crippen LogP contribution in [-0.2, 0) is 9.59 Å².